The van der Waals surface area contributed by atoms with Gasteiger partial charge in [0.1, 0.15) is 0 Å². The van der Waals surface area contributed by atoms with E-state index in [1.54, 1.807) is 12.1 Å². The van der Waals surface area contributed by atoms with Gasteiger partial charge in [-0.15, -0.1) is 0 Å². The van der Waals surface area contributed by atoms with E-state index in [0.29, 0.717) is 12.0 Å². The first-order chi connectivity index (χ1) is 9.32. The predicted molar refractivity (Wildman–Crippen MR) is 72.2 cm³/mol. The Morgan fingerprint density at radius 1 is 1.40 bits per heavy atom. The van der Waals surface area contributed by atoms with Crippen LogP contribution in [-0.2, 0) is 16.0 Å². The maximum atomic E-state index is 13.6. The summed E-state index contributed by atoms with van der Waals surface area (Å²) in [5.74, 6) is -1.06. The summed E-state index contributed by atoms with van der Waals surface area (Å²) in [5.41, 5.74) is 0.458. The number of methoxy groups -OCH3 is 1. The number of benzene rings is 1. The lowest BCUT2D eigenvalue weighted by atomic mass is 10.0. The van der Waals surface area contributed by atoms with E-state index in [1.165, 1.54) is 21.0 Å². The van der Waals surface area contributed by atoms with Crippen molar-refractivity contribution in [2.75, 3.05) is 7.11 Å². The molecule has 4 nitrogen and oxygen atoms in total. The van der Waals surface area contributed by atoms with E-state index in [-0.39, 0.29) is 6.04 Å². The van der Waals surface area contributed by atoms with Crippen molar-refractivity contribution in [3.63, 3.8) is 0 Å². The molecule has 1 aliphatic carbocycles. The number of carbonyl (C=O) groups is 2. The minimum Gasteiger partial charge on any atom is -0.465 e. The van der Waals surface area contributed by atoms with Gasteiger partial charge in [-0.1, -0.05) is 6.07 Å². The third-order valence-electron chi connectivity index (χ3n) is 3.49. The van der Waals surface area contributed by atoms with Gasteiger partial charge < -0.3 is 10.1 Å². The van der Waals surface area contributed by atoms with E-state index in [1.807, 2.05) is 6.07 Å². The van der Waals surface area contributed by atoms with E-state index >= 15 is 0 Å². The third kappa shape index (κ3) is 2.81. The molecule has 0 saturated heterocycles. The van der Waals surface area contributed by atoms with Crippen molar-refractivity contribution in [2.45, 2.75) is 38.4 Å². The van der Waals surface area contributed by atoms with Crippen LogP contribution < -0.4 is 5.32 Å². The largest absolute Gasteiger partial charge is 0.465 e. The summed E-state index contributed by atoms with van der Waals surface area (Å²) in [6.07, 6.45) is 1.51. The van der Waals surface area contributed by atoms with Crippen LogP contribution in [0.15, 0.2) is 18.2 Å². The van der Waals surface area contributed by atoms with Gasteiger partial charge in [-0.25, -0.2) is 9.18 Å². The van der Waals surface area contributed by atoms with Gasteiger partial charge in [-0.3, -0.25) is 4.79 Å². The van der Waals surface area contributed by atoms with Gasteiger partial charge in [0.05, 0.1) is 18.7 Å². The number of amides is 1. The van der Waals surface area contributed by atoms with Gasteiger partial charge in [0.2, 0.25) is 0 Å². The van der Waals surface area contributed by atoms with E-state index in [9.17, 15) is 14.0 Å². The van der Waals surface area contributed by atoms with Crippen molar-refractivity contribution in [2.24, 2.45) is 0 Å². The zero-order chi connectivity index (χ0) is 14.9. The van der Waals surface area contributed by atoms with Crippen LogP contribution in [0.3, 0.4) is 0 Å². The fourth-order valence-electron chi connectivity index (χ4n) is 2.33. The van der Waals surface area contributed by atoms with Crippen LogP contribution in [-0.4, -0.2) is 24.7 Å². The number of alkyl halides is 1. The smallest absolute Gasteiger partial charge is 0.337 e. The first-order valence-corrected chi connectivity index (χ1v) is 6.54. The molecule has 108 valence electrons. The van der Waals surface area contributed by atoms with Crippen molar-refractivity contribution in [3.8, 4) is 0 Å². The van der Waals surface area contributed by atoms with E-state index in [0.717, 1.165) is 17.5 Å². The number of hydrogen-bond acceptors (Lipinski definition) is 3. The van der Waals surface area contributed by atoms with Gasteiger partial charge in [0.25, 0.3) is 5.91 Å². The van der Waals surface area contributed by atoms with E-state index < -0.39 is 17.5 Å². The molecule has 2 rings (SSSR count). The molecular formula is C15H18FNO3. The molecule has 1 aromatic rings. The molecular weight excluding hydrogens is 261 g/mol. The second-order valence-corrected chi connectivity index (χ2v) is 5.44. The molecule has 1 N–H and O–H groups in total. The minimum absolute atomic E-state index is 0.253. The molecule has 0 spiro atoms. The zero-order valence-electron chi connectivity index (χ0n) is 11.8. The van der Waals surface area contributed by atoms with Crippen LogP contribution in [0.5, 0.6) is 0 Å². The highest BCUT2D eigenvalue weighted by Gasteiger charge is 2.32. The lowest BCUT2D eigenvalue weighted by Crippen LogP contribution is -2.40. The van der Waals surface area contributed by atoms with Crippen molar-refractivity contribution in [1.82, 2.24) is 5.32 Å². The normalized spacial score (nSPS) is 17.5. The number of halogens is 1. The average Bonchev–Trinajstić information content (AvgIpc) is 2.79. The van der Waals surface area contributed by atoms with Crippen LogP contribution in [0.2, 0.25) is 0 Å². The molecule has 1 aromatic carbocycles. The van der Waals surface area contributed by atoms with Crippen molar-refractivity contribution in [3.05, 3.63) is 34.9 Å². The molecule has 0 saturated carbocycles. The van der Waals surface area contributed by atoms with Crippen LogP contribution >= 0.6 is 0 Å². The maximum absolute atomic E-state index is 13.6. The number of hydrogen-bond donors (Lipinski definition) is 1. The molecule has 1 amide bonds. The number of rotatable bonds is 3. The minimum atomic E-state index is -1.91. The molecule has 0 aliphatic heterocycles. The van der Waals surface area contributed by atoms with Crippen LogP contribution in [0.4, 0.5) is 4.39 Å². The Kier molecular flexibility index (Phi) is 3.79. The molecule has 1 aliphatic rings. The van der Waals surface area contributed by atoms with Gasteiger partial charge >= 0.3 is 5.97 Å². The number of ether oxygens (including phenoxy) is 1. The maximum Gasteiger partial charge on any atom is 0.337 e. The predicted octanol–water partition coefficient (Wildman–Crippen LogP) is 2.32. The number of fused-ring (bicyclic) bond motifs is 1. The highest BCUT2D eigenvalue weighted by atomic mass is 19.1. The Morgan fingerprint density at radius 3 is 2.70 bits per heavy atom. The zero-order valence-corrected chi connectivity index (χ0v) is 11.8. The standard InChI is InChI=1S/C15H18FNO3/c1-15(2,16)14(19)17-12-7-6-9-4-5-10(8-11(9)12)13(18)20-3/h4-5,8,12H,6-7H2,1-3H3,(H,17,19). The Morgan fingerprint density at radius 2 is 2.10 bits per heavy atom. The lowest BCUT2D eigenvalue weighted by Gasteiger charge is -2.19. The summed E-state index contributed by atoms with van der Waals surface area (Å²) in [4.78, 5) is 23.3. The van der Waals surface area contributed by atoms with Crippen LogP contribution in [0.1, 0.15) is 47.8 Å². The first-order valence-electron chi connectivity index (χ1n) is 6.54. The topological polar surface area (TPSA) is 55.4 Å². The quantitative estimate of drug-likeness (QED) is 0.864. The third-order valence-corrected chi connectivity index (χ3v) is 3.49. The van der Waals surface area contributed by atoms with Gasteiger partial charge in [0.15, 0.2) is 5.67 Å². The first kappa shape index (κ1) is 14.5. The molecule has 1 unspecified atom stereocenters. The number of nitrogens with one attached hydrogen (secondary N) is 1. The lowest BCUT2D eigenvalue weighted by molar-refractivity contribution is -0.131. The molecule has 1 atom stereocenters. The number of carbonyl (C=O) groups excluding carboxylic acids is 2. The molecule has 5 heteroatoms. The molecule has 0 fully saturated rings. The van der Waals surface area contributed by atoms with Crippen LogP contribution in [0.25, 0.3) is 0 Å². The average molecular weight is 279 g/mol. The highest BCUT2D eigenvalue weighted by Crippen LogP contribution is 2.32. The Bertz CT molecular complexity index is 549. The van der Waals surface area contributed by atoms with Crippen molar-refractivity contribution < 1.29 is 18.7 Å². The Hall–Kier alpha value is -1.91. The second-order valence-electron chi connectivity index (χ2n) is 5.44. The number of esters is 1. The molecule has 0 radical (unpaired) electrons. The molecule has 0 heterocycles. The summed E-state index contributed by atoms with van der Waals surface area (Å²) >= 11 is 0. The molecule has 0 aromatic heterocycles. The van der Waals surface area contributed by atoms with Gasteiger partial charge in [0, 0.05) is 0 Å². The molecule has 20 heavy (non-hydrogen) atoms. The van der Waals surface area contributed by atoms with Crippen LogP contribution in [0, 0.1) is 0 Å². The van der Waals surface area contributed by atoms with Crippen molar-refractivity contribution >= 4 is 11.9 Å². The van der Waals surface area contributed by atoms with Gasteiger partial charge in [-0.05, 0) is 49.9 Å². The Labute approximate surface area is 117 Å². The summed E-state index contributed by atoms with van der Waals surface area (Å²) < 4.78 is 18.3. The summed E-state index contributed by atoms with van der Waals surface area (Å²) in [6, 6.07) is 5.02. The SMILES string of the molecule is COC(=O)c1ccc2c(c1)C(NC(=O)C(C)(C)F)CC2. The number of aryl methyl sites for hydroxylation is 1. The summed E-state index contributed by atoms with van der Waals surface area (Å²) in [6.45, 7) is 2.45. The van der Waals surface area contributed by atoms with Crippen molar-refractivity contribution in [1.29, 1.82) is 0 Å². The summed E-state index contributed by atoms with van der Waals surface area (Å²) in [7, 11) is 1.32. The highest BCUT2D eigenvalue weighted by molar-refractivity contribution is 5.90. The Balaban J connectivity index is 2.23. The van der Waals surface area contributed by atoms with E-state index in [2.05, 4.69) is 10.1 Å². The second kappa shape index (κ2) is 5.23. The van der Waals surface area contributed by atoms with Gasteiger partial charge in [-0.2, -0.15) is 0 Å². The van der Waals surface area contributed by atoms with E-state index in [4.69, 9.17) is 0 Å². The summed E-state index contributed by atoms with van der Waals surface area (Å²) in [5, 5.41) is 2.69. The fourth-order valence-corrected chi connectivity index (χ4v) is 2.33. The monoisotopic (exact) mass is 279 g/mol. The fraction of sp³-hybridized carbons (Fsp3) is 0.467. The molecule has 0 bridgehead atoms.